The minimum absolute atomic E-state index is 0. The summed E-state index contributed by atoms with van der Waals surface area (Å²) >= 11 is 0. The molecule has 156 valence electrons. The summed E-state index contributed by atoms with van der Waals surface area (Å²) in [5, 5.41) is 0. The van der Waals surface area contributed by atoms with Crippen molar-refractivity contribution in [3.05, 3.63) is 29.8 Å². The average molecular weight is 410 g/mol. The normalized spacial score (nSPS) is 18.9. The molecule has 0 atom stereocenters. The van der Waals surface area contributed by atoms with Gasteiger partial charge in [0.2, 0.25) is 11.8 Å². The molecule has 3 rings (SSSR count). The molecule has 2 N–H and O–H groups in total. The number of nitrogens with zero attached hydrogens (tertiary/aromatic N) is 2. The van der Waals surface area contributed by atoms with E-state index < -0.39 is 5.54 Å². The molecule has 6 nitrogen and oxygen atoms in total. The first kappa shape index (κ1) is 22.5. The molecule has 0 unspecified atom stereocenters. The average Bonchev–Trinajstić information content (AvgIpc) is 2.72. The van der Waals surface area contributed by atoms with Crippen molar-refractivity contribution in [3.63, 3.8) is 0 Å². The van der Waals surface area contributed by atoms with Crippen molar-refractivity contribution in [1.82, 2.24) is 9.80 Å². The van der Waals surface area contributed by atoms with Crippen LogP contribution in [0.1, 0.15) is 44.1 Å². The Kier molecular flexibility index (Phi) is 8.13. The summed E-state index contributed by atoms with van der Waals surface area (Å²) in [7, 11) is 1.64. The van der Waals surface area contributed by atoms with E-state index in [1.54, 1.807) is 7.11 Å². The molecule has 7 heteroatoms. The van der Waals surface area contributed by atoms with E-state index in [1.165, 1.54) is 6.42 Å². The Labute approximate surface area is 173 Å². The molecule has 1 aliphatic carbocycles. The minimum atomic E-state index is -0.682. The summed E-state index contributed by atoms with van der Waals surface area (Å²) in [4.78, 5) is 29.0. The summed E-state index contributed by atoms with van der Waals surface area (Å²) < 4.78 is 5.15. The van der Waals surface area contributed by atoms with E-state index in [0.717, 1.165) is 37.0 Å². The zero-order valence-electron chi connectivity index (χ0n) is 16.7. The number of nitrogens with two attached hydrogens (primary N) is 1. The van der Waals surface area contributed by atoms with Crippen molar-refractivity contribution in [2.75, 3.05) is 33.3 Å². The first-order valence-corrected chi connectivity index (χ1v) is 10.0. The number of halogens is 1. The summed E-state index contributed by atoms with van der Waals surface area (Å²) in [6.45, 7) is 2.38. The zero-order valence-corrected chi connectivity index (χ0v) is 17.5. The molecule has 1 aromatic rings. The second-order valence-electron chi connectivity index (χ2n) is 7.74. The number of rotatable bonds is 5. The van der Waals surface area contributed by atoms with Gasteiger partial charge in [0.1, 0.15) is 5.75 Å². The maximum Gasteiger partial charge on any atom is 0.242 e. The van der Waals surface area contributed by atoms with Gasteiger partial charge in [0.15, 0.2) is 0 Å². The largest absolute Gasteiger partial charge is 0.497 e. The van der Waals surface area contributed by atoms with Crippen LogP contribution in [-0.2, 0) is 16.0 Å². The van der Waals surface area contributed by atoms with E-state index in [1.807, 2.05) is 34.1 Å². The number of carbonyl (C=O) groups is 2. The standard InChI is InChI=1S/C21H31N3O3.ClH/c1-27-18-8-5-17(6-9-18)7-10-19(25)23-13-15-24(16-14-23)20(26)21(22)11-3-2-4-12-21;/h5-6,8-9H,2-4,7,10-16,22H2,1H3;1H. The lowest BCUT2D eigenvalue weighted by Gasteiger charge is -2.41. The maximum atomic E-state index is 12.8. The molecule has 2 fully saturated rings. The van der Waals surface area contributed by atoms with Crippen molar-refractivity contribution < 1.29 is 14.3 Å². The molecule has 1 aromatic carbocycles. The predicted octanol–water partition coefficient (Wildman–Crippen LogP) is 2.38. The van der Waals surface area contributed by atoms with Gasteiger partial charge in [0, 0.05) is 32.6 Å². The zero-order chi connectivity index (χ0) is 19.3. The van der Waals surface area contributed by atoms with E-state index in [9.17, 15) is 9.59 Å². The molecule has 0 bridgehead atoms. The number of hydrogen-bond donors (Lipinski definition) is 1. The van der Waals surface area contributed by atoms with Crippen molar-refractivity contribution in [3.8, 4) is 5.75 Å². The fourth-order valence-electron chi connectivity index (χ4n) is 4.07. The Morgan fingerprint density at radius 1 is 1.00 bits per heavy atom. The van der Waals surface area contributed by atoms with Crippen LogP contribution in [0.2, 0.25) is 0 Å². The first-order chi connectivity index (χ1) is 13.0. The van der Waals surface area contributed by atoms with E-state index in [-0.39, 0.29) is 24.2 Å². The highest BCUT2D eigenvalue weighted by atomic mass is 35.5. The lowest BCUT2D eigenvalue weighted by molar-refractivity contribution is -0.144. The number of methoxy groups -OCH3 is 1. The van der Waals surface area contributed by atoms with Crippen molar-refractivity contribution >= 4 is 24.2 Å². The number of piperazine rings is 1. The highest BCUT2D eigenvalue weighted by Gasteiger charge is 2.39. The topological polar surface area (TPSA) is 75.9 Å². The molecule has 2 amide bonds. The lowest BCUT2D eigenvalue weighted by atomic mass is 9.81. The van der Waals surface area contributed by atoms with Crippen LogP contribution in [0.25, 0.3) is 0 Å². The monoisotopic (exact) mass is 409 g/mol. The second kappa shape index (κ2) is 10.1. The van der Waals surface area contributed by atoms with Crippen LogP contribution in [0, 0.1) is 0 Å². The maximum absolute atomic E-state index is 12.8. The van der Waals surface area contributed by atoms with Gasteiger partial charge in [-0.25, -0.2) is 0 Å². The molecular weight excluding hydrogens is 378 g/mol. The summed E-state index contributed by atoms with van der Waals surface area (Å²) in [5.41, 5.74) is 6.82. The van der Waals surface area contributed by atoms with Crippen LogP contribution in [-0.4, -0.2) is 60.4 Å². The Bertz CT molecular complexity index is 651. The van der Waals surface area contributed by atoms with Gasteiger partial charge < -0.3 is 20.3 Å². The van der Waals surface area contributed by atoms with Gasteiger partial charge in [0.05, 0.1) is 12.6 Å². The smallest absolute Gasteiger partial charge is 0.242 e. The van der Waals surface area contributed by atoms with Gasteiger partial charge in [-0.3, -0.25) is 9.59 Å². The van der Waals surface area contributed by atoms with Crippen LogP contribution in [0.5, 0.6) is 5.75 Å². The summed E-state index contributed by atoms with van der Waals surface area (Å²) in [6, 6.07) is 7.82. The quantitative estimate of drug-likeness (QED) is 0.810. The third-order valence-electron chi connectivity index (χ3n) is 5.88. The van der Waals surface area contributed by atoms with Crippen LogP contribution in [0.15, 0.2) is 24.3 Å². The molecule has 1 aliphatic heterocycles. The number of hydrogen-bond acceptors (Lipinski definition) is 4. The molecule has 1 heterocycles. The van der Waals surface area contributed by atoms with Crippen molar-refractivity contribution in [1.29, 1.82) is 0 Å². The van der Waals surface area contributed by atoms with E-state index in [4.69, 9.17) is 10.5 Å². The van der Waals surface area contributed by atoms with Gasteiger partial charge in [-0.1, -0.05) is 31.4 Å². The Morgan fingerprint density at radius 2 is 1.57 bits per heavy atom. The van der Waals surface area contributed by atoms with Gasteiger partial charge in [-0.15, -0.1) is 12.4 Å². The van der Waals surface area contributed by atoms with Gasteiger partial charge in [0.25, 0.3) is 0 Å². The van der Waals surface area contributed by atoms with Gasteiger partial charge in [-0.05, 0) is 37.0 Å². The lowest BCUT2D eigenvalue weighted by Crippen LogP contribution is -2.60. The summed E-state index contributed by atoms with van der Waals surface area (Å²) in [5.74, 6) is 1.05. The number of carbonyl (C=O) groups excluding carboxylic acids is 2. The highest BCUT2D eigenvalue weighted by molar-refractivity contribution is 5.86. The van der Waals surface area contributed by atoms with E-state index in [0.29, 0.717) is 39.0 Å². The Hall–Kier alpha value is -1.79. The fourth-order valence-corrected chi connectivity index (χ4v) is 4.07. The fraction of sp³-hybridized carbons (Fsp3) is 0.619. The van der Waals surface area contributed by atoms with Crippen molar-refractivity contribution in [2.45, 2.75) is 50.5 Å². The summed E-state index contributed by atoms with van der Waals surface area (Å²) in [6.07, 6.45) is 6.01. The molecule has 2 aliphatic rings. The number of benzene rings is 1. The number of aryl methyl sites for hydroxylation is 1. The number of ether oxygens (including phenoxy) is 1. The SMILES string of the molecule is COc1ccc(CCC(=O)N2CCN(C(=O)C3(N)CCCCC3)CC2)cc1.Cl. The molecule has 0 radical (unpaired) electrons. The molecule has 1 saturated heterocycles. The predicted molar refractivity (Wildman–Crippen MR) is 112 cm³/mol. The third kappa shape index (κ3) is 5.39. The van der Waals surface area contributed by atoms with Crippen LogP contribution < -0.4 is 10.5 Å². The van der Waals surface area contributed by atoms with E-state index >= 15 is 0 Å². The van der Waals surface area contributed by atoms with Crippen LogP contribution in [0.3, 0.4) is 0 Å². The molecule has 28 heavy (non-hydrogen) atoms. The van der Waals surface area contributed by atoms with Gasteiger partial charge in [-0.2, -0.15) is 0 Å². The Morgan fingerprint density at radius 3 is 2.14 bits per heavy atom. The Balaban J connectivity index is 0.00000280. The highest BCUT2D eigenvalue weighted by Crippen LogP contribution is 2.28. The molecule has 1 saturated carbocycles. The molecule has 0 aromatic heterocycles. The minimum Gasteiger partial charge on any atom is -0.497 e. The van der Waals surface area contributed by atoms with Crippen LogP contribution >= 0.6 is 12.4 Å². The second-order valence-corrected chi connectivity index (χ2v) is 7.74. The van der Waals surface area contributed by atoms with Gasteiger partial charge >= 0.3 is 0 Å². The first-order valence-electron chi connectivity index (χ1n) is 10.0. The molecule has 0 spiro atoms. The van der Waals surface area contributed by atoms with Crippen LogP contribution in [0.4, 0.5) is 0 Å². The van der Waals surface area contributed by atoms with E-state index in [2.05, 4.69) is 0 Å². The molecular formula is C21H32ClN3O3. The third-order valence-corrected chi connectivity index (χ3v) is 5.88. The number of amides is 2. The van der Waals surface area contributed by atoms with Crippen molar-refractivity contribution in [2.24, 2.45) is 5.73 Å².